The zero-order valence-corrected chi connectivity index (χ0v) is 7.88. The van der Waals surface area contributed by atoms with Crippen molar-refractivity contribution in [2.75, 3.05) is 13.2 Å². The van der Waals surface area contributed by atoms with Crippen molar-refractivity contribution in [3.05, 3.63) is 11.6 Å². The van der Waals surface area contributed by atoms with Crippen LogP contribution < -0.4 is 0 Å². The van der Waals surface area contributed by atoms with Gasteiger partial charge in [0.1, 0.15) is 5.78 Å². The van der Waals surface area contributed by atoms with Crippen LogP contribution in [0.2, 0.25) is 0 Å². The van der Waals surface area contributed by atoms with Crippen LogP contribution in [0.3, 0.4) is 0 Å². The molecule has 3 atom stereocenters. The van der Waals surface area contributed by atoms with Crippen LogP contribution in [0, 0.1) is 17.3 Å². The summed E-state index contributed by atoms with van der Waals surface area (Å²) < 4.78 is 5.42. The molecule has 0 N–H and O–H groups in total. The molecule has 0 amide bonds. The number of rotatable bonds is 0. The summed E-state index contributed by atoms with van der Waals surface area (Å²) >= 11 is 0. The highest BCUT2D eigenvalue weighted by Crippen LogP contribution is 2.53. The zero-order valence-electron chi connectivity index (χ0n) is 7.88. The van der Waals surface area contributed by atoms with Gasteiger partial charge in [-0.05, 0) is 24.8 Å². The van der Waals surface area contributed by atoms with Gasteiger partial charge in [-0.25, -0.2) is 0 Å². The standard InChI is InChI=1S/C11H14O2/c1-11-4-8-6-13-5-7(8)2-9(11)3-10(11)12/h4,7,9H,2-3,5-6H2,1H3/t7-,9-,11-/m1/s1. The van der Waals surface area contributed by atoms with Crippen molar-refractivity contribution in [3.63, 3.8) is 0 Å². The molecule has 2 heteroatoms. The molecule has 0 aromatic rings. The third-order valence-corrected chi connectivity index (χ3v) is 4.05. The van der Waals surface area contributed by atoms with Crippen LogP contribution in [0.4, 0.5) is 0 Å². The van der Waals surface area contributed by atoms with Gasteiger partial charge in [-0.1, -0.05) is 6.08 Å². The van der Waals surface area contributed by atoms with Crippen molar-refractivity contribution in [1.29, 1.82) is 0 Å². The van der Waals surface area contributed by atoms with Crippen LogP contribution in [0.1, 0.15) is 19.8 Å². The topological polar surface area (TPSA) is 26.3 Å². The summed E-state index contributed by atoms with van der Waals surface area (Å²) in [6.45, 7) is 3.73. The fourth-order valence-corrected chi connectivity index (χ4v) is 2.93. The number of hydrogen-bond acceptors (Lipinski definition) is 2. The van der Waals surface area contributed by atoms with Gasteiger partial charge in [0.2, 0.25) is 0 Å². The van der Waals surface area contributed by atoms with Gasteiger partial charge in [-0.3, -0.25) is 4.79 Å². The Bertz CT molecular complexity index is 305. The lowest BCUT2D eigenvalue weighted by atomic mass is 9.54. The van der Waals surface area contributed by atoms with Crippen LogP contribution in [-0.4, -0.2) is 19.0 Å². The smallest absolute Gasteiger partial charge is 0.143 e. The minimum Gasteiger partial charge on any atom is -0.376 e. The Morgan fingerprint density at radius 2 is 2.46 bits per heavy atom. The number of ketones is 1. The third-order valence-electron chi connectivity index (χ3n) is 4.05. The van der Waals surface area contributed by atoms with Crippen LogP contribution >= 0.6 is 0 Å². The lowest BCUT2D eigenvalue weighted by molar-refractivity contribution is -0.141. The molecule has 70 valence electrons. The maximum atomic E-state index is 11.5. The van der Waals surface area contributed by atoms with Crippen molar-refractivity contribution >= 4 is 5.78 Å². The number of Topliss-reactive ketones (excluding diaryl/α,β-unsaturated/α-hetero) is 1. The molecule has 1 saturated carbocycles. The van der Waals surface area contributed by atoms with Crippen LogP contribution in [-0.2, 0) is 9.53 Å². The Labute approximate surface area is 78.0 Å². The highest BCUT2D eigenvalue weighted by molar-refractivity contribution is 5.93. The molecule has 13 heavy (non-hydrogen) atoms. The molecule has 0 radical (unpaired) electrons. The maximum Gasteiger partial charge on any atom is 0.143 e. The second kappa shape index (κ2) is 2.24. The summed E-state index contributed by atoms with van der Waals surface area (Å²) in [5, 5.41) is 0. The Hall–Kier alpha value is -0.630. The summed E-state index contributed by atoms with van der Waals surface area (Å²) in [6.07, 6.45) is 4.18. The summed E-state index contributed by atoms with van der Waals surface area (Å²) in [5.74, 6) is 1.66. The number of carbonyl (C=O) groups is 1. The molecule has 3 rings (SSSR count). The van der Waals surface area contributed by atoms with Gasteiger partial charge >= 0.3 is 0 Å². The Morgan fingerprint density at radius 3 is 3.23 bits per heavy atom. The first-order valence-corrected chi connectivity index (χ1v) is 5.03. The molecule has 1 saturated heterocycles. The van der Waals surface area contributed by atoms with Crippen LogP contribution in [0.15, 0.2) is 11.6 Å². The van der Waals surface area contributed by atoms with E-state index in [1.807, 2.05) is 0 Å². The van der Waals surface area contributed by atoms with E-state index in [0.29, 0.717) is 17.6 Å². The van der Waals surface area contributed by atoms with Gasteiger partial charge in [0.25, 0.3) is 0 Å². The molecule has 0 spiro atoms. The van der Waals surface area contributed by atoms with E-state index in [1.165, 1.54) is 12.0 Å². The minimum absolute atomic E-state index is 0.112. The Kier molecular flexibility index (Phi) is 1.33. The van der Waals surface area contributed by atoms with Crippen molar-refractivity contribution in [1.82, 2.24) is 0 Å². The van der Waals surface area contributed by atoms with E-state index >= 15 is 0 Å². The molecule has 0 unspecified atom stereocenters. The first-order chi connectivity index (χ1) is 6.20. The van der Waals surface area contributed by atoms with E-state index in [1.54, 1.807) is 0 Å². The molecular formula is C11H14O2. The van der Waals surface area contributed by atoms with Gasteiger partial charge in [-0.15, -0.1) is 0 Å². The van der Waals surface area contributed by atoms with Gasteiger partial charge in [0.15, 0.2) is 0 Å². The largest absolute Gasteiger partial charge is 0.376 e. The molecule has 1 aliphatic heterocycles. The highest BCUT2D eigenvalue weighted by atomic mass is 16.5. The molecule has 0 aromatic heterocycles. The Morgan fingerprint density at radius 1 is 1.62 bits per heavy atom. The maximum absolute atomic E-state index is 11.5. The minimum atomic E-state index is -0.112. The van der Waals surface area contributed by atoms with Crippen LogP contribution in [0.5, 0.6) is 0 Å². The molecule has 3 aliphatic rings. The fourth-order valence-electron chi connectivity index (χ4n) is 2.93. The molecule has 0 bridgehead atoms. The van der Waals surface area contributed by atoms with Gasteiger partial charge in [-0.2, -0.15) is 0 Å². The summed E-state index contributed by atoms with van der Waals surface area (Å²) in [5.41, 5.74) is 1.27. The third kappa shape index (κ3) is 0.845. The monoisotopic (exact) mass is 178 g/mol. The van der Waals surface area contributed by atoms with Crippen LogP contribution in [0.25, 0.3) is 0 Å². The highest BCUT2D eigenvalue weighted by Gasteiger charge is 2.53. The number of hydrogen-bond donors (Lipinski definition) is 0. The van der Waals surface area contributed by atoms with Crippen molar-refractivity contribution in [3.8, 4) is 0 Å². The number of allylic oxidation sites excluding steroid dienone is 1. The first kappa shape index (κ1) is 7.74. The average molecular weight is 178 g/mol. The number of ether oxygens (including phenoxy) is 1. The SMILES string of the molecule is C[C@@]12C=C3COC[C@H]3C[C@@H]1CC2=O. The predicted molar refractivity (Wildman–Crippen MR) is 48.2 cm³/mol. The molecule has 1 heterocycles. The normalized spacial score (nSPS) is 47.8. The van der Waals surface area contributed by atoms with Gasteiger partial charge in [0.05, 0.1) is 13.2 Å². The van der Waals surface area contributed by atoms with Gasteiger partial charge in [0, 0.05) is 17.8 Å². The zero-order chi connectivity index (χ0) is 9.05. The second-order valence-electron chi connectivity index (χ2n) is 4.77. The van der Waals surface area contributed by atoms with E-state index in [-0.39, 0.29) is 5.41 Å². The van der Waals surface area contributed by atoms with E-state index in [4.69, 9.17) is 4.74 Å². The van der Waals surface area contributed by atoms with E-state index in [9.17, 15) is 4.79 Å². The predicted octanol–water partition coefficient (Wildman–Crippen LogP) is 1.56. The lowest BCUT2D eigenvalue weighted by Crippen LogP contribution is -2.49. The molecule has 0 aromatic carbocycles. The second-order valence-corrected chi connectivity index (χ2v) is 4.77. The molecule has 2 nitrogen and oxygen atoms in total. The van der Waals surface area contributed by atoms with Crippen molar-refractivity contribution < 1.29 is 9.53 Å². The fraction of sp³-hybridized carbons (Fsp3) is 0.727. The quantitative estimate of drug-likeness (QED) is 0.526. The van der Waals surface area contributed by atoms with Crippen molar-refractivity contribution in [2.45, 2.75) is 19.8 Å². The lowest BCUT2D eigenvalue weighted by Gasteiger charge is -2.47. The van der Waals surface area contributed by atoms with Crippen molar-refractivity contribution in [2.24, 2.45) is 17.3 Å². The van der Waals surface area contributed by atoms with E-state index < -0.39 is 0 Å². The summed E-state index contributed by atoms with van der Waals surface area (Å²) in [4.78, 5) is 11.5. The summed E-state index contributed by atoms with van der Waals surface area (Å²) in [6, 6.07) is 0. The number of fused-ring (bicyclic) bond motifs is 2. The van der Waals surface area contributed by atoms with E-state index in [2.05, 4.69) is 13.0 Å². The van der Waals surface area contributed by atoms with Gasteiger partial charge < -0.3 is 4.74 Å². The Balaban J connectivity index is 2.00. The molecule has 2 aliphatic carbocycles. The molecule has 2 fully saturated rings. The first-order valence-electron chi connectivity index (χ1n) is 5.03. The van der Waals surface area contributed by atoms with E-state index in [0.717, 1.165) is 19.6 Å². The average Bonchev–Trinajstić information content (AvgIpc) is 2.52. The summed E-state index contributed by atoms with van der Waals surface area (Å²) in [7, 11) is 0. The number of carbonyl (C=O) groups excluding carboxylic acids is 1. The molecular weight excluding hydrogens is 164 g/mol.